The highest BCUT2D eigenvalue weighted by Gasteiger charge is 2.26. The molecule has 0 saturated carbocycles. The van der Waals surface area contributed by atoms with E-state index in [1.807, 2.05) is 51.1 Å². The Morgan fingerprint density at radius 1 is 0.737 bits per heavy atom. The standard InChI is InChI=1S/C30H30O6S2/c1-21-12-16-25(17-13-21)38(34,35)36-28-18-14-22(2)20-27(28)30-26(11-7-10-24-8-5-4-6-9-24)23(3)15-19-29(30)37(31,32)33/h4-6,8-9,12-20H,7,10-11H2,1-3H3,(H,31,32,33). The molecule has 8 heteroatoms. The van der Waals surface area contributed by atoms with Crippen LogP contribution in [0.25, 0.3) is 11.1 Å². The Labute approximate surface area is 224 Å². The van der Waals surface area contributed by atoms with Crippen LogP contribution in [0.5, 0.6) is 5.75 Å². The van der Waals surface area contributed by atoms with Crippen LogP contribution in [0.4, 0.5) is 0 Å². The van der Waals surface area contributed by atoms with Gasteiger partial charge in [-0.2, -0.15) is 16.8 Å². The summed E-state index contributed by atoms with van der Waals surface area (Å²) < 4.78 is 67.1. The van der Waals surface area contributed by atoms with Gasteiger partial charge < -0.3 is 4.18 Å². The smallest absolute Gasteiger partial charge is 0.339 e. The minimum Gasteiger partial charge on any atom is -0.378 e. The van der Waals surface area contributed by atoms with E-state index in [1.165, 1.54) is 24.3 Å². The first-order chi connectivity index (χ1) is 18.0. The molecular formula is C30H30O6S2. The Morgan fingerprint density at radius 2 is 1.39 bits per heavy atom. The van der Waals surface area contributed by atoms with Crippen LogP contribution in [0, 0.1) is 20.8 Å². The van der Waals surface area contributed by atoms with Gasteiger partial charge in [0.2, 0.25) is 0 Å². The molecule has 0 spiro atoms. The normalized spacial score (nSPS) is 11.9. The summed E-state index contributed by atoms with van der Waals surface area (Å²) in [5.41, 5.74) is 4.90. The van der Waals surface area contributed by atoms with Gasteiger partial charge in [0.05, 0.1) is 0 Å². The van der Waals surface area contributed by atoms with Crippen LogP contribution in [-0.2, 0) is 33.1 Å². The van der Waals surface area contributed by atoms with Gasteiger partial charge in [0, 0.05) is 11.1 Å². The van der Waals surface area contributed by atoms with Crippen molar-refractivity contribution < 1.29 is 25.6 Å². The zero-order valence-corrected chi connectivity index (χ0v) is 23.1. The molecule has 6 nitrogen and oxygen atoms in total. The highest BCUT2D eigenvalue weighted by Crippen LogP contribution is 2.40. The molecule has 0 bridgehead atoms. The Bertz CT molecular complexity index is 1660. The van der Waals surface area contributed by atoms with E-state index in [0.29, 0.717) is 12.0 Å². The summed E-state index contributed by atoms with van der Waals surface area (Å²) >= 11 is 0. The second-order valence-corrected chi connectivity index (χ2v) is 12.3. The van der Waals surface area contributed by atoms with E-state index in [1.54, 1.807) is 30.3 Å². The number of benzene rings is 4. The maximum Gasteiger partial charge on any atom is 0.339 e. The van der Waals surface area contributed by atoms with Crippen molar-refractivity contribution in [3.05, 3.63) is 113 Å². The molecule has 0 aliphatic carbocycles. The van der Waals surface area contributed by atoms with Gasteiger partial charge in [0.25, 0.3) is 10.1 Å². The summed E-state index contributed by atoms with van der Waals surface area (Å²) in [5.74, 6) is -0.0176. The fourth-order valence-corrected chi connectivity index (χ4v) is 6.14. The van der Waals surface area contributed by atoms with Crippen molar-refractivity contribution in [1.82, 2.24) is 0 Å². The second kappa shape index (κ2) is 11.1. The quantitative estimate of drug-likeness (QED) is 0.190. The summed E-state index contributed by atoms with van der Waals surface area (Å²) in [6, 6.07) is 24.1. The molecule has 0 unspecified atom stereocenters. The minimum absolute atomic E-state index is 0.0167. The summed E-state index contributed by atoms with van der Waals surface area (Å²) in [5, 5.41) is 0. The zero-order chi connectivity index (χ0) is 27.5. The van der Waals surface area contributed by atoms with E-state index in [2.05, 4.69) is 0 Å². The Morgan fingerprint density at radius 3 is 2.05 bits per heavy atom. The maximum atomic E-state index is 13.2. The maximum absolute atomic E-state index is 13.2. The first-order valence-corrected chi connectivity index (χ1v) is 15.1. The predicted molar refractivity (Wildman–Crippen MR) is 149 cm³/mol. The van der Waals surface area contributed by atoms with E-state index < -0.39 is 20.2 Å². The first kappa shape index (κ1) is 27.6. The molecule has 4 aromatic rings. The number of hydrogen-bond donors (Lipinski definition) is 1. The third kappa shape index (κ3) is 6.32. The summed E-state index contributed by atoms with van der Waals surface area (Å²) in [6.45, 7) is 5.54. The average Bonchev–Trinajstić information content (AvgIpc) is 2.86. The molecule has 0 amide bonds. The lowest BCUT2D eigenvalue weighted by atomic mass is 9.90. The zero-order valence-electron chi connectivity index (χ0n) is 21.5. The topological polar surface area (TPSA) is 97.7 Å². The molecule has 4 rings (SSSR count). The summed E-state index contributed by atoms with van der Waals surface area (Å²) in [7, 11) is -8.84. The molecule has 0 radical (unpaired) electrons. The lowest BCUT2D eigenvalue weighted by Gasteiger charge is -2.20. The van der Waals surface area contributed by atoms with Gasteiger partial charge in [-0.1, -0.05) is 65.7 Å². The molecule has 0 saturated heterocycles. The largest absolute Gasteiger partial charge is 0.378 e. The van der Waals surface area contributed by atoms with Crippen molar-refractivity contribution in [2.45, 2.75) is 49.8 Å². The van der Waals surface area contributed by atoms with Crippen LogP contribution < -0.4 is 4.18 Å². The molecule has 38 heavy (non-hydrogen) atoms. The van der Waals surface area contributed by atoms with Crippen molar-refractivity contribution in [1.29, 1.82) is 0 Å². The van der Waals surface area contributed by atoms with E-state index >= 15 is 0 Å². The lowest BCUT2D eigenvalue weighted by Crippen LogP contribution is -2.12. The van der Waals surface area contributed by atoms with E-state index in [4.69, 9.17) is 4.18 Å². The van der Waals surface area contributed by atoms with Crippen LogP contribution in [0.3, 0.4) is 0 Å². The Hall–Kier alpha value is -3.46. The fraction of sp³-hybridized carbons (Fsp3) is 0.200. The highest BCUT2D eigenvalue weighted by molar-refractivity contribution is 7.87. The molecule has 0 heterocycles. The van der Waals surface area contributed by atoms with Gasteiger partial charge in [-0.3, -0.25) is 4.55 Å². The van der Waals surface area contributed by atoms with Crippen molar-refractivity contribution in [3.63, 3.8) is 0 Å². The third-order valence-corrected chi connectivity index (χ3v) is 8.58. The Balaban J connectivity index is 1.84. The number of rotatable bonds is 9. The Kier molecular flexibility index (Phi) is 8.06. The second-order valence-electron chi connectivity index (χ2n) is 9.40. The molecule has 0 fully saturated rings. The van der Waals surface area contributed by atoms with Crippen molar-refractivity contribution >= 4 is 20.2 Å². The van der Waals surface area contributed by atoms with Gasteiger partial charge in [-0.25, -0.2) is 0 Å². The van der Waals surface area contributed by atoms with E-state index in [9.17, 15) is 21.4 Å². The van der Waals surface area contributed by atoms with Crippen molar-refractivity contribution in [2.75, 3.05) is 0 Å². The van der Waals surface area contributed by atoms with Gasteiger partial charge in [-0.05, 0) is 87.1 Å². The molecule has 1 N–H and O–H groups in total. The minimum atomic E-state index is -4.63. The van der Waals surface area contributed by atoms with Crippen LogP contribution in [-0.4, -0.2) is 21.4 Å². The molecule has 4 aromatic carbocycles. The third-order valence-electron chi connectivity index (χ3n) is 6.44. The predicted octanol–water partition coefficient (Wildman–Crippen LogP) is 6.47. The van der Waals surface area contributed by atoms with E-state index in [0.717, 1.165) is 35.1 Å². The van der Waals surface area contributed by atoms with Gasteiger partial charge in [0.1, 0.15) is 9.79 Å². The lowest BCUT2D eigenvalue weighted by molar-refractivity contribution is 0.483. The van der Waals surface area contributed by atoms with Crippen LogP contribution in [0.2, 0.25) is 0 Å². The van der Waals surface area contributed by atoms with Gasteiger partial charge in [0.15, 0.2) is 5.75 Å². The summed E-state index contributed by atoms with van der Waals surface area (Å²) in [6.07, 6.45) is 2.00. The molecule has 0 aliphatic rings. The average molecular weight is 551 g/mol. The fourth-order valence-electron chi connectivity index (χ4n) is 4.46. The number of hydrogen-bond acceptors (Lipinski definition) is 5. The molecule has 0 atom stereocenters. The molecule has 0 aliphatic heterocycles. The monoisotopic (exact) mass is 550 g/mol. The number of aryl methyl sites for hydroxylation is 4. The molecule has 0 aromatic heterocycles. The van der Waals surface area contributed by atoms with Crippen LogP contribution in [0.15, 0.2) is 94.7 Å². The SMILES string of the molecule is Cc1ccc(S(=O)(=O)Oc2ccc(C)cc2-c2c(S(=O)(=O)O)ccc(C)c2CCCc2ccccc2)cc1. The molecular weight excluding hydrogens is 520 g/mol. The van der Waals surface area contributed by atoms with Crippen molar-refractivity contribution in [3.8, 4) is 16.9 Å². The van der Waals surface area contributed by atoms with Gasteiger partial charge >= 0.3 is 10.1 Å². The molecule has 198 valence electrons. The van der Waals surface area contributed by atoms with Crippen LogP contribution >= 0.6 is 0 Å². The summed E-state index contributed by atoms with van der Waals surface area (Å²) in [4.78, 5) is -0.307. The van der Waals surface area contributed by atoms with Gasteiger partial charge in [-0.15, -0.1) is 0 Å². The van der Waals surface area contributed by atoms with Crippen LogP contribution in [0.1, 0.15) is 34.2 Å². The first-order valence-electron chi connectivity index (χ1n) is 12.2. The highest BCUT2D eigenvalue weighted by atomic mass is 32.2. The van der Waals surface area contributed by atoms with E-state index in [-0.39, 0.29) is 26.7 Å². The van der Waals surface area contributed by atoms with Crippen molar-refractivity contribution in [2.24, 2.45) is 0 Å².